The second-order valence-electron chi connectivity index (χ2n) is 12.3. The molecular formula is C35H38FN9. The van der Waals surface area contributed by atoms with Crippen LogP contribution in [0.5, 0.6) is 0 Å². The van der Waals surface area contributed by atoms with Crippen molar-refractivity contribution in [2.24, 2.45) is 5.92 Å². The number of aromatic amines is 2. The van der Waals surface area contributed by atoms with E-state index in [0.29, 0.717) is 40.5 Å². The van der Waals surface area contributed by atoms with Crippen LogP contribution in [-0.2, 0) is 6.54 Å². The van der Waals surface area contributed by atoms with Gasteiger partial charge in [0.05, 0.1) is 16.7 Å². The van der Waals surface area contributed by atoms with Gasteiger partial charge in [-0.2, -0.15) is 5.10 Å². The third kappa shape index (κ3) is 6.43. The second-order valence-corrected chi connectivity index (χ2v) is 12.3. The summed E-state index contributed by atoms with van der Waals surface area (Å²) in [6.07, 6.45) is 10.9. The van der Waals surface area contributed by atoms with Crippen molar-refractivity contribution in [3.8, 4) is 33.9 Å². The number of hydrogen-bond acceptors (Lipinski definition) is 7. The van der Waals surface area contributed by atoms with E-state index in [-0.39, 0.29) is 5.82 Å². The van der Waals surface area contributed by atoms with Crippen LogP contribution in [0.1, 0.15) is 31.2 Å². The quantitative estimate of drug-likeness (QED) is 0.132. The smallest absolute Gasteiger partial charge is 0.159 e. The van der Waals surface area contributed by atoms with E-state index in [4.69, 9.17) is 4.98 Å². The standard InChI is InChI=1S/C35H38FN9/c1-45(2)12-11-39-28-15-25(14-27(36)17-28)32-34-31(9-10-40-32)41-35(42-34)33-29-16-24(7-8-30(29)43-44-33)26-13-23(20-38-21-26)19-37-18-22-5-3-4-6-22/h7-10,13-17,20-22,37,39H,3-6,11-12,18-19H2,1-2H3,(H,41,42)(H,43,44). The summed E-state index contributed by atoms with van der Waals surface area (Å²) in [6.45, 7) is 3.41. The summed E-state index contributed by atoms with van der Waals surface area (Å²) in [5.74, 6) is 1.09. The fraction of sp³-hybridized carbons (Fsp3) is 0.314. The van der Waals surface area contributed by atoms with Crippen LogP contribution in [0.2, 0.25) is 0 Å². The fourth-order valence-corrected chi connectivity index (χ4v) is 6.26. The summed E-state index contributed by atoms with van der Waals surface area (Å²) in [4.78, 5) is 19.6. The van der Waals surface area contributed by atoms with Gasteiger partial charge in [-0.3, -0.25) is 15.1 Å². The summed E-state index contributed by atoms with van der Waals surface area (Å²) < 4.78 is 14.7. The maximum absolute atomic E-state index is 14.7. The molecule has 0 bridgehead atoms. The molecule has 0 spiro atoms. The van der Waals surface area contributed by atoms with E-state index in [0.717, 1.165) is 53.1 Å². The molecule has 4 aromatic heterocycles. The van der Waals surface area contributed by atoms with Gasteiger partial charge in [0, 0.05) is 60.4 Å². The molecule has 1 aliphatic carbocycles. The molecule has 230 valence electrons. The highest BCUT2D eigenvalue weighted by molar-refractivity contribution is 5.97. The summed E-state index contributed by atoms with van der Waals surface area (Å²) >= 11 is 0. The summed E-state index contributed by atoms with van der Waals surface area (Å²) in [5, 5.41) is 15.7. The minimum atomic E-state index is -0.330. The molecule has 0 atom stereocenters. The molecule has 0 aliphatic heterocycles. The van der Waals surface area contributed by atoms with Crippen LogP contribution in [0.15, 0.2) is 67.1 Å². The number of pyridine rings is 2. The molecule has 0 saturated heterocycles. The van der Waals surface area contributed by atoms with E-state index in [1.807, 2.05) is 44.7 Å². The minimum absolute atomic E-state index is 0.330. The van der Waals surface area contributed by atoms with Gasteiger partial charge in [-0.1, -0.05) is 18.9 Å². The average Bonchev–Trinajstić information content (AvgIpc) is 3.80. The first-order valence-corrected chi connectivity index (χ1v) is 15.7. The Morgan fingerprint density at radius 3 is 2.69 bits per heavy atom. The van der Waals surface area contributed by atoms with Gasteiger partial charge >= 0.3 is 0 Å². The van der Waals surface area contributed by atoms with Crippen LogP contribution >= 0.6 is 0 Å². The van der Waals surface area contributed by atoms with E-state index in [9.17, 15) is 4.39 Å². The number of nitrogens with zero attached hydrogens (tertiary/aromatic N) is 5. The number of nitrogens with one attached hydrogen (secondary N) is 4. The van der Waals surface area contributed by atoms with Crippen molar-refractivity contribution < 1.29 is 4.39 Å². The molecule has 1 aliphatic rings. The fourth-order valence-electron chi connectivity index (χ4n) is 6.26. The maximum atomic E-state index is 14.7. The minimum Gasteiger partial charge on any atom is -0.384 e. The molecule has 0 amide bonds. The molecule has 1 fully saturated rings. The first-order chi connectivity index (χ1) is 22.0. The lowest BCUT2D eigenvalue weighted by molar-refractivity contribution is 0.425. The van der Waals surface area contributed by atoms with Crippen LogP contribution in [-0.4, -0.2) is 68.8 Å². The highest BCUT2D eigenvalue weighted by atomic mass is 19.1. The molecule has 9 nitrogen and oxygen atoms in total. The Kier molecular flexibility index (Phi) is 8.23. The lowest BCUT2D eigenvalue weighted by Crippen LogP contribution is -2.20. The molecule has 4 N–H and O–H groups in total. The van der Waals surface area contributed by atoms with Gasteiger partial charge in [-0.25, -0.2) is 9.37 Å². The molecule has 0 unspecified atom stereocenters. The van der Waals surface area contributed by atoms with Crippen LogP contribution in [0.3, 0.4) is 0 Å². The van der Waals surface area contributed by atoms with Crippen molar-refractivity contribution >= 4 is 27.6 Å². The summed E-state index contributed by atoms with van der Waals surface area (Å²) in [5.41, 5.74) is 8.33. The van der Waals surface area contributed by atoms with E-state index in [1.165, 1.54) is 43.4 Å². The Bertz CT molecular complexity index is 1940. The molecule has 45 heavy (non-hydrogen) atoms. The van der Waals surface area contributed by atoms with E-state index >= 15 is 0 Å². The van der Waals surface area contributed by atoms with E-state index < -0.39 is 0 Å². The van der Waals surface area contributed by atoms with Gasteiger partial charge in [0.15, 0.2) is 5.82 Å². The van der Waals surface area contributed by atoms with Gasteiger partial charge in [-0.15, -0.1) is 0 Å². The van der Waals surface area contributed by atoms with Gasteiger partial charge in [0.2, 0.25) is 0 Å². The van der Waals surface area contributed by atoms with Crippen molar-refractivity contribution in [2.75, 3.05) is 39.0 Å². The van der Waals surface area contributed by atoms with Crippen LogP contribution in [0.4, 0.5) is 10.1 Å². The predicted molar refractivity (Wildman–Crippen MR) is 178 cm³/mol. The maximum Gasteiger partial charge on any atom is 0.159 e. The monoisotopic (exact) mass is 603 g/mol. The van der Waals surface area contributed by atoms with Gasteiger partial charge < -0.3 is 20.5 Å². The molecule has 4 heterocycles. The molecule has 6 aromatic rings. The summed E-state index contributed by atoms with van der Waals surface area (Å²) in [6, 6.07) is 15.3. The highest BCUT2D eigenvalue weighted by Crippen LogP contribution is 2.33. The molecular weight excluding hydrogens is 565 g/mol. The third-order valence-corrected chi connectivity index (χ3v) is 8.61. The van der Waals surface area contributed by atoms with Crippen LogP contribution in [0.25, 0.3) is 55.8 Å². The van der Waals surface area contributed by atoms with Crippen molar-refractivity contribution in [2.45, 2.75) is 32.2 Å². The first-order valence-electron chi connectivity index (χ1n) is 15.7. The number of anilines is 1. The lowest BCUT2D eigenvalue weighted by Gasteiger charge is -2.12. The third-order valence-electron chi connectivity index (χ3n) is 8.61. The summed E-state index contributed by atoms with van der Waals surface area (Å²) in [7, 11) is 4.01. The number of hydrogen-bond donors (Lipinski definition) is 4. The Labute approximate surface area is 261 Å². The number of imidazole rings is 1. The Morgan fingerprint density at radius 1 is 0.933 bits per heavy atom. The van der Waals surface area contributed by atoms with Crippen LogP contribution in [0, 0.1) is 11.7 Å². The topological polar surface area (TPSA) is 110 Å². The van der Waals surface area contributed by atoms with Crippen molar-refractivity contribution in [3.63, 3.8) is 0 Å². The zero-order valence-electron chi connectivity index (χ0n) is 25.7. The number of benzene rings is 2. The number of rotatable bonds is 11. The normalized spacial score (nSPS) is 13.9. The molecule has 1 saturated carbocycles. The molecule has 0 radical (unpaired) electrons. The van der Waals surface area contributed by atoms with E-state index in [2.05, 4.69) is 58.9 Å². The van der Waals surface area contributed by atoms with Crippen molar-refractivity contribution in [1.82, 2.24) is 40.3 Å². The second kappa shape index (κ2) is 12.7. The number of aromatic nitrogens is 6. The van der Waals surface area contributed by atoms with Gasteiger partial charge in [0.25, 0.3) is 0 Å². The largest absolute Gasteiger partial charge is 0.384 e. The lowest BCUT2D eigenvalue weighted by atomic mass is 10.0. The van der Waals surface area contributed by atoms with Gasteiger partial charge in [0.1, 0.15) is 17.0 Å². The zero-order chi connectivity index (χ0) is 30.8. The SMILES string of the molecule is CN(C)CCNc1cc(F)cc(-c2nccc3[nH]c(-c4n[nH]c5ccc(-c6cncc(CNCC7CCCC7)c6)cc45)nc23)c1. The average molecular weight is 604 g/mol. The van der Waals surface area contributed by atoms with Gasteiger partial charge in [-0.05, 0) is 93.0 Å². The van der Waals surface area contributed by atoms with E-state index in [1.54, 1.807) is 6.20 Å². The Balaban J connectivity index is 1.17. The first kappa shape index (κ1) is 29.1. The van der Waals surface area contributed by atoms with Crippen LogP contribution < -0.4 is 10.6 Å². The Morgan fingerprint density at radius 2 is 1.82 bits per heavy atom. The van der Waals surface area contributed by atoms with Crippen molar-refractivity contribution in [3.05, 3.63) is 78.5 Å². The molecule has 10 heteroatoms. The predicted octanol–water partition coefficient (Wildman–Crippen LogP) is 6.62. The molecule has 2 aromatic carbocycles. The Hall–Kier alpha value is -4.67. The number of halogens is 1. The number of likely N-dealkylation sites (N-methyl/N-ethyl adjacent to an activating group) is 1. The number of fused-ring (bicyclic) bond motifs is 2. The van der Waals surface area contributed by atoms with Crippen molar-refractivity contribution in [1.29, 1.82) is 0 Å². The molecule has 7 rings (SSSR count). The number of H-pyrrole nitrogens is 2. The highest BCUT2D eigenvalue weighted by Gasteiger charge is 2.18. The zero-order valence-corrected chi connectivity index (χ0v) is 25.7.